The number of nitrogens with one attached hydrogen (secondary N) is 2. The van der Waals surface area contributed by atoms with E-state index in [9.17, 15) is 9.59 Å². The number of carbonyl (C=O) groups is 1. The molecule has 0 saturated heterocycles. The van der Waals surface area contributed by atoms with Crippen LogP contribution in [0, 0.1) is 0 Å². The SMILES string of the molecule is CC(C)(C)c1ncc(C(=O)N[C@@H]2CCc3ccccc3C2)c(=O)[nH]1. The first kappa shape index (κ1) is 16.4. The highest BCUT2D eigenvalue weighted by atomic mass is 16.2. The van der Waals surface area contributed by atoms with Crippen LogP contribution >= 0.6 is 0 Å². The second kappa shape index (κ2) is 6.23. The Kier molecular flexibility index (Phi) is 4.26. The summed E-state index contributed by atoms with van der Waals surface area (Å²) in [6, 6.07) is 8.34. The van der Waals surface area contributed by atoms with Gasteiger partial charge in [0, 0.05) is 17.7 Å². The minimum absolute atomic E-state index is 0.0501. The van der Waals surface area contributed by atoms with Gasteiger partial charge in [-0.05, 0) is 30.4 Å². The molecule has 0 spiro atoms. The number of hydrogen-bond acceptors (Lipinski definition) is 3. The molecule has 2 N–H and O–H groups in total. The van der Waals surface area contributed by atoms with Crippen LogP contribution in [0.2, 0.25) is 0 Å². The molecule has 126 valence electrons. The van der Waals surface area contributed by atoms with Gasteiger partial charge in [-0.1, -0.05) is 45.0 Å². The molecule has 5 nitrogen and oxygen atoms in total. The molecule has 1 aromatic carbocycles. The van der Waals surface area contributed by atoms with Gasteiger partial charge in [-0.2, -0.15) is 0 Å². The average molecular weight is 325 g/mol. The van der Waals surface area contributed by atoms with Crippen molar-refractivity contribution < 1.29 is 4.79 Å². The zero-order valence-electron chi connectivity index (χ0n) is 14.3. The molecular formula is C19H23N3O2. The van der Waals surface area contributed by atoms with Crippen LogP contribution in [0.15, 0.2) is 35.3 Å². The first-order valence-electron chi connectivity index (χ1n) is 8.32. The predicted molar refractivity (Wildman–Crippen MR) is 93.3 cm³/mol. The Morgan fingerprint density at radius 3 is 2.62 bits per heavy atom. The number of amides is 1. The van der Waals surface area contributed by atoms with Crippen molar-refractivity contribution in [3.05, 3.63) is 63.3 Å². The van der Waals surface area contributed by atoms with E-state index in [1.165, 1.54) is 17.3 Å². The van der Waals surface area contributed by atoms with Crippen LogP contribution < -0.4 is 10.9 Å². The van der Waals surface area contributed by atoms with Crippen molar-refractivity contribution in [1.29, 1.82) is 0 Å². The number of aryl methyl sites for hydroxylation is 1. The number of hydrogen-bond donors (Lipinski definition) is 2. The van der Waals surface area contributed by atoms with Gasteiger partial charge >= 0.3 is 0 Å². The molecule has 1 atom stereocenters. The molecule has 1 aliphatic carbocycles. The summed E-state index contributed by atoms with van der Waals surface area (Å²) in [7, 11) is 0. The van der Waals surface area contributed by atoms with E-state index in [1.807, 2.05) is 32.9 Å². The van der Waals surface area contributed by atoms with E-state index >= 15 is 0 Å². The van der Waals surface area contributed by atoms with Crippen LogP contribution in [0.4, 0.5) is 0 Å². The Morgan fingerprint density at radius 1 is 1.25 bits per heavy atom. The molecule has 0 bridgehead atoms. The molecular weight excluding hydrogens is 302 g/mol. The van der Waals surface area contributed by atoms with Gasteiger partial charge in [-0.3, -0.25) is 9.59 Å². The molecule has 0 saturated carbocycles. The molecule has 0 aliphatic heterocycles. The van der Waals surface area contributed by atoms with E-state index < -0.39 is 0 Å². The summed E-state index contributed by atoms with van der Waals surface area (Å²) in [6.07, 6.45) is 4.01. The maximum Gasteiger partial charge on any atom is 0.263 e. The van der Waals surface area contributed by atoms with Gasteiger partial charge in [0.15, 0.2) is 0 Å². The minimum Gasteiger partial charge on any atom is -0.349 e. The molecule has 0 fully saturated rings. The maximum absolute atomic E-state index is 12.4. The van der Waals surface area contributed by atoms with Crippen LogP contribution in [0.25, 0.3) is 0 Å². The fourth-order valence-corrected chi connectivity index (χ4v) is 3.02. The van der Waals surface area contributed by atoms with Gasteiger partial charge in [-0.15, -0.1) is 0 Å². The van der Waals surface area contributed by atoms with E-state index in [1.54, 1.807) is 0 Å². The van der Waals surface area contributed by atoms with Crippen molar-refractivity contribution in [3.8, 4) is 0 Å². The monoisotopic (exact) mass is 325 g/mol. The summed E-state index contributed by atoms with van der Waals surface area (Å²) in [5.74, 6) is 0.226. The summed E-state index contributed by atoms with van der Waals surface area (Å²) < 4.78 is 0. The van der Waals surface area contributed by atoms with E-state index in [2.05, 4.69) is 27.4 Å². The molecule has 5 heteroatoms. The number of benzene rings is 1. The number of rotatable bonds is 2. The number of H-pyrrole nitrogens is 1. The van der Waals surface area contributed by atoms with Gasteiger partial charge < -0.3 is 10.3 Å². The van der Waals surface area contributed by atoms with E-state index in [-0.39, 0.29) is 28.5 Å². The smallest absolute Gasteiger partial charge is 0.263 e. The summed E-state index contributed by atoms with van der Waals surface area (Å²) in [5, 5.41) is 2.98. The van der Waals surface area contributed by atoms with Gasteiger partial charge in [-0.25, -0.2) is 4.98 Å². The lowest BCUT2D eigenvalue weighted by molar-refractivity contribution is 0.0931. The number of aromatic nitrogens is 2. The number of nitrogens with zero attached hydrogens (tertiary/aromatic N) is 1. The van der Waals surface area contributed by atoms with Crippen LogP contribution in [0.3, 0.4) is 0 Å². The Bertz CT molecular complexity index is 818. The van der Waals surface area contributed by atoms with Gasteiger partial charge in [0.25, 0.3) is 11.5 Å². The Hall–Kier alpha value is -2.43. The summed E-state index contributed by atoms with van der Waals surface area (Å²) in [4.78, 5) is 31.6. The van der Waals surface area contributed by atoms with Crippen LogP contribution in [0.1, 0.15) is 54.5 Å². The van der Waals surface area contributed by atoms with Crippen LogP contribution in [-0.2, 0) is 18.3 Å². The number of carbonyl (C=O) groups excluding carboxylic acids is 1. The largest absolute Gasteiger partial charge is 0.349 e. The van der Waals surface area contributed by atoms with Crippen molar-refractivity contribution >= 4 is 5.91 Å². The van der Waals surface area contributed by atoms with Crippen LogP contribution in [0.5, 0.6) is 0 Å². The summed E-state index contributed by atoms with van der Waals surface area (Å²) in [6.45, 7) is 5.89. The van der Waals surface area contributed by atoms with Gasteiger partial charge in [0.05, 0.1) is 0 Å². The predicted octanol–water partition coefficient (Wildman–Crippen LogP) is 2.35. The third-order valence-electron chi connectivity index (χ3n) is 4.44. The average Bonchev–Trinajstić information content (AvgIpc) is 2.53. The van der Waals surface area contributed by atoms with Crippen molar-refractivity contribution in [1.82, 2.24) is 15.3 Å². The topological polar surface area (TPSA) is 74.8 Å². The van der Waals surface area contributed by atoms with Crippen LogP contribution in [-0.4, -0.2) is 21.9 Å². The zero-order valence-corrected chi connectivity index (χ0v) is 14.3. The molecule has 1 amide bonds. The van der Waals surface area contributed by atoms with Gasteiger partial charge in [0.2, 0.25) is 0 Å². The quantitative estimate of drug-likeness (QED) is 0.890. The first-order valence-corrected chi connectivity index (χ1v) is 8.32. The highest BCUT2D eigenvalue weighted by Gasteiger charge is 2.23. The summed E-state index contributed by atoms with van der Waals surface area (Å²) in [5.41, 5.74) is 2.04. The van der Waals surface area contributed by atoms with Crippen molar-refractivity contribution in [2.45, 2.75) is 51.5 Å². The van der Waals surface area contributed by atoms with E-state index in [0.29, 0.717) is 5.82 Å². The minimum atomic E-state index is -0.386. The van der Waals surface area contributed by atoms with Crippen molar-refractivity contribution in [2.75, 3.05) is 0 Å². The number of aromatic amines is 1. The Balaban J connectivity index is 1.73. The highest BCUT2D eigenvalue weighted by Crippen LogP contribution is 2.21. The standard InChI is InChI=1S/C19H23N3O2/c1-19(2,3)18-20-11-15(17(24)22-18)16(23)21-14-9-8-12-6-4-5-7-13(12)10-14/h4-7,11,14H,8-10H2,1-3H3,(H,21,23)(H,20,22,24)/t14-/m1/s1. The lowest BCUT2D eigenvalue weighted by atomic mass is 9.88. The molecule has 3 rings (SSSR count). The second-order valence-corrected chi connectivity index (χ2v) is 7.41. The molecule has 1 aliphatic rings. The third-order valence-corrected chi connectivity index (χ3v) is 4.44. The highest BCUT2D eigenvalue weighted by molar-refractivity contribution is 5.93. The molecule has 2 aromatic rings. The first-order chi connectivity index (χ1) is 11.3. The fraction of sp³-hybridized carbons (Fsp3) is 0.421. The second-order valence-electron chi connectivity index (χ2n) is 7.41. The summed E-state index contributed by atoms with van der Waals surface area (Å²) >= 11 is 0. The Morgan fingerprint density at radius 2 is 1.96 bits per heavy atom. The molecule has 0 radical (unpaired) electrons. The Labute approximate surface area is 141 Å². The van der Waals surface area contributed by atoms with E-state index in [4.69, 9.17) is 0 Å². The molecule has 0 unspecified atom stereocenters. The normalized spacial score (nSPS) is 17.2. The van der Waals surface area contributed by atoms with Crippen molar-refractivity contribution in [3.63, 3.8) is 0 Å². The molecule has 1 heterocycles. The fourth-order valence-electron chi connectivity index (χ4n) is 3.02. The van der Waals surface area contributed by atoms with Crippen molar-refractivity contribution in [2.24, 2.45) is 0 Å². The molecule has 24 heavy (non-hydrogen) atoms. The third kappa shape index (κ3) is 3.40. The molecule has 1 aromatic heterocycles. The lowest BCUT2D eigenvalue weighted by Gasteiger charge is -2.25. The lowest BCUT2D eigenvalue weighted by Crippen LogP contribution is -2.41. The van der Waals surface area contributed by atoms with Gasteiger partial charge in [0.1, 0.15) is 11.4 Å². The maximum atomic E-state index is 12.4. The zero-order chi connectivity index (χ0) is 17.3. The number of fused-ring (bicyclic) bond motifs is 1. The van der Waals surface area contributed by atoms with E-state index in [0.717, 1.165) is 19.3 Å².